The number of pyridine rings is 1. The number of hydrogen-bond donors (Lipinski definition) is 2. The van der Waals surface area contributed by atoms with Crippen LogP contribution in [0.5, 0.6) is 11.5 Å². The van der Waals surface area contributed by atoms with E-state index in [9.17, 15) is 4.79 Å². The summed E-state index contributed by atoms with van der Waals surface area (Å²) in [6.45, 7) is 0. The van der Waals surface area contributed by atoms with Crippen molar-refractivity contribution in [3.8, 4) is 11.5 Å². The number of benzene rings is 2. The maximum absolute atomic E-state index is 13.8. The molecule has 2 aliphatic rings. The molecule has 2 aromatic carbocycles. The van der Waals surface area contributed by atoms with Gasteiger partial charge in [-0.3, -0.25) is 9.78 Å². The smallest absolute Gasteiger partial charge is 0.241 e. The van der Waals surface area contributed by atoms with Crippen molar-refractivity contribution in [2.24, 2.45) is 0 Å². The molecule has 9 heteroatoms. The highest BCUT2D eigenvalue weighted by Gasteiger charge is 2.40. The second-order valence-corrected chi connectivity index (χ2v) is 8.72. The van der Waals surface area contributed by atoms with Crippen LogP contribution in [-0.4, -0.2) is 39.8 Å². The van der Waals surface area contributed by atoms with E-state index in [1.165, 1.54) is 0 Å². The van der Waals surface area contributed by atoms with Crippen molar-refractivity contribution >= 4 is 28.6 Å². The number of rotatable bonds is 4. The van der Waals surface area contributed by atoms with E-state index in [-0.39, 0.29) is 17.6 Å². The maximum atomic E-state index is 13.8. The minimum absolute atomic E-state index is 0.0183. The molecule has 0 radical (unpaired) electrons. The van der Waals surface area contributed by atoms with Gasteiger partial charge >= 0.3 is 0 Å². The first-order chi connectivity index (χ1) is 17.1. The lowest BCUT2D eigenvalue weighted by molar-refractivity contribution is -0.116. The van der Waals surface area contributed by atoms with Crippen LogP contribution in [0.2, 0.25) is 0 Å². The zero-order chi connectivity index (χ0) is 24.1. The Kier molecular flexibility index (Phi) is 4.91. The Morgan fingerprint density at radius 1 is 1.06 bits per heavy atom. The quantitative estimate of drug-likeness (QED) is 0.464. The molecule has 0 fully saturated rings. The largest absolute Gasteiger partial charge is 0.493 e. The van der Waals surface area contributed by atoms with Gasteiger partial charge < -0.3 is 20.5 Å². The number of nitrogens with one attached hydrogen (secondary N) is 1. The van der Waals surface area contributed by atoms with Crippen LogP contribution >= 0.6 is 0 Å². The summed E-state index contributed by atoms with van der Waals surface area (Å²) >= 11 is 0. The highest BCUT2D eigenvalue weighted by molar-refractivity contribution is 6.01. The molecule has 2 atom stereocenters. The summed E-state index contributed by atoms with van der Waals surface area (Å²) < 4.78 is 12.6. The van der Waals surface area contributed by atoms with Crippen molar-refractivity contribution < 1.29 is 14.3 Å². The molecule has 0 bridgehead atoms. The molecule has 176 valence electrons. The molecular weight excluding hydrogens is 444 g/mol. The normalized spacial score (nSPS) is 19.2. The predicted octanol–water partition coefficient (Wildman–Crippen LogP) is 3.84. The van der Waals surface area contributed by atoms with Crippen molar-refractivity contribution in [2.45, 2.75) is 24.8 Å². The first-order valence-corrected chi connectivity index (χ1v) is 11.4. The van der Waals surface area contributed by atoms with Gasteiger partial charge in [0.15, 0.2) is 17.3 Å². The van der Waals surface area contributed by atoms with E-state index in [4.69, 9.17) is 15.2 Å². The molecule has 3 N–H and O–H groups in total. The molecule has 4 aromatic rings. The third-order valence-corrected chi connectivity index (χ3v) is 6.79. The fourth-order valence-corrected chi connectivity index (χ4v) is 5.21. The number of ether oxygens (including phenoxy) is 2. The van der Waals surface area contributed by atoms with Crippen molar-refractivity contribution in [2.75, 3.05) is 25.3 Å². The fraction of sp³-hybridized carbons (Fsp3) is 0.231. The van der Waals surface area contributed by atoms with Crippen LogP contribution in [-0.2, 0) is 4.79 Å². The van der Waals surface area contributed by atoms with Crippen molar-refractivity contribution in [1.29, 1.82) is 0 Å². The Labute approximate surface area is 201 Å². The van der Waals surface area contributed by atoms with Crippen LogP contribution in [0.1, 0.15) is 35.9 Å². The Balaban J connectivity index is 1.48. The van der Waals surface area contributed by atoms with Gasteiger partial charge in [0.25, 0.3) is 0 Å². The highest BCUT2D eigenvalue weighted by atomic mass is 16.5. The van der Waals surface area contributed by atoms with Gasteiger partial charge in [-0.15, -0.1) is 5.10 Å². The third-order valence-electron chi connectivity index (χ3n) is 6.79. The number of Topliss-reactive ketones (excluding diaryl/α,β-unsaturated/α-hetero) is 1. The number of allylic oxidation sites excluding steroid dienone is 2. The first-order valence-electron chi connectivity index (χ1n) is 11.4. The average molecular weight is 469 g/mol. The highest BCUT2D eigenvalue weighted by Crippen LogP contribution is 2.46. The maximum Gasteiger partial charge on any atom is 0.241 e. The van der Waals surface area contributed by atoms with Gasteiger partial charge in [-0.05, 0) is 47.7 Å². The molecule has 0 spiro atoms. The van der Waals surface area contributed by atoms with E-state index in [0.29, 0.717) is 35.9 Å². The lowest BCUT2D eigenvalue weighted by Gasteiger charge is -2.35. The van der Waals surface area contributed by atoms with E-state index < -0.39 is 6.04 Å². The SMILES string of the molecule is COc1ccc([C@@H]2CC(=O)C3=C(C2)Nc2nc(N)nn2[C@@H]3c2ccnc3ccccc23)cc1OC. The molecule has 0 amide bonds. The van der Waals surface area contributed by atoms with Gasteiger partial charge in [0.2, 0.25) is 11.9 Å². The van der Waals surface area contributed by atoms with Gasteiger partial charge in [-0.2, -0.15) is 4.98 Å². The third kappa shape index (κ3) is 3.39. The number of nitrogen functional groups attached to an aromatic ring is 1. The predicted molar refractivity (Wildman–Crippen MR) is 131 cm³/mol. The molecule has 3 heterocycles. The van der Waals surface area contributed by atoms with Crippen LogP contribution in [0.3, 0.4) is 0 Å². The molecule has 35 heavy (non-hydrogen) atoms. The zero-order valence-corrected chi connectivity index (χ0v) is 19.4. The number of carbonyl (C=O) groups excluding carboxylic acids is 1. The lowest BCUT2D eigenvalue weighted by atomic mass is 9.77. The molecule has 0 saturated heterocycles. The molecule has 1 aliphatic heterocycles. The number of nitrogens with zero attached hydrogens (tertiary/aromatic N) is 4. The molecule has 1 aliphatic carbocycles. The van der Waals surface area contributed by atoms with E-state index in [1.54, 1.807) is 25.1 Å². The van der Waals surface area contributed by atoms with Crippen LogP contribution in [0.25, 0.3) is 10.9 Å². The molecule has 2 aromatic heterocycles. The summed E-state index contributed by atoms with van der Waals surface area (Å²) in [7, 11) is 3.22. The van der Waals surface area contributed by atoms with Gasteiger partial charge in [-0.25, -0.2) is 4.68 Å². The van der Waals surface area contributed by atoms with Crippen molar-refractivity contribution in [3.63, 3.8) is 0 Å². The number of ketones is 1. The molecule has 0 saturated carbocycles. The van der Waals surface area contributed by atoms with Gasteiger partial charge in [0.05, 0.1) is 19.7 Å². The number of hydrogen-bond acceptors (Lipinski definition) is 8. The molecular formula is C26H24N6O3. The Hall–Kier alpha value is -4.40. The van der Waals surface area contributed by atoms with E-state index in [2.05, 4.69) is 20.4 Å². The molecule has 9 nitrogen and oxygen atoms in total. The standard InChI is InChI=1S/C26H24N6O3/c1-34-21-8-7-14(13-22(21)35-2)15-11-19-23(20(33)12-15)24(32-26(29-19)30-25(27)31-32)17-9-10-28-18-6-4-3-5-16(17)18/h3-10,13,15,24H,11-12H2,1-2H3,(H3,27,29,30,31)/t15-,24+/m0/s1. The Morgan fingerprint density at radius 3 is 2.71 bits per heavy atom. The van der Waals surface area contributed by atoms with Crippen LogP contribution in [0, 0.1) is 0 Å². The Bertz CT molecular complexity index is 1500. The minimum Gasteiger partial charge on any atom is -0.493 e. The summed E-state index contributed by atoms with van der Waals surface area (Å²) in [5.74, 6) is 2.01. The topological polar surface area (TPSA) is 117 Å². The Morgan fingerprint density at radius 2 is 1.89 bits per heavy atom. The second-order valence-electron chi connectivity index (χ2n) is 8.72. The van der Waals surface area contributed by atoms with Crippen LogP contribution in [0.15, 0.2) is 66.0 Å². The fourth-order valence-electron chi connectivity index (χ4n) is 5.21. The summed E-state index contributed by atoms with van der Waals surface area (Å²) in [4.78, 5) is 22.7. The van der Waals surface area contributed by atoms with Crippen molar-refractivity contribution in [3.05, 3.63) is 77.1 Å². The van der Waals surface area contributed by atoms with Crippen molar-refractivity contribution in [1.82, 2.24) is 19.7 Å². The number of carbonyl (C=O) groups is 1. The summed E-state index contributed by atoms with van der Waals surface area (Å²) in [6.07, 6.45) is 2.78. The molecule has 6 rings (SSSR count). The monoisotopic (exact) mass is 468 g/mol. The molecule has 0 unspecified atom stereocenters. The van der Waals surface area contributed by atoms with Crippen LogP contribution in [0.4, 0.5) is 11.9 Å². The average Bonchev–Trinajstić information content (AvgIpc) is 3.26. The lowest BCUT2D eigenvalue weighted by Crippen LogP contribution is -2.33. The van der Waals surface area contributed by atoms with Gasteiger partial charge in [0, 0.05) is 29.3 Å². The minimum atomic E-state index is -0.446. The van der Waals surface area contributed by atoms with E-state index >= 15 is 0 Å². The number of aromatic nitrogens is 4. The number of nitrogens with two attached hydrogens (primary N) is 1. The summed E-state index contributed by atoms with van der Waals surface area (Å²) in [6, 6.07) is 15.2. The van der Waals surface area contributed by atoms with Crippen LogP contribution < -0.4 is 20.5 Å². The van der Waals surface area contributed by atoms with E-state index in [1.807, 2.05) is 48.5 Å². The second kappa shape index (κ2) is 8.12. The zero-order valence-electron chi connectivity index (χ0n) is 19.4. The van der Waals surface area contributed by atoms with Gasteiger partial charge in [0.1, 0.15) is 6.04 Å². The number of anilines is 2. The number of para-hydroxylation sites is 1. The number of methoxy groups -OCH3 is 2. The number of fused-ring (bicyclic) bond motifs is 2. The first kappa shape index (κ1) is 21.2. The van der Waals surface area contributed by atoms with E-state index in [0.717, 1.165) is 27.7 Å². The summed E-state index contributed by atoms with van der Waals surface area (Å²) in [5, 5.41) is 8.75. The van der Waals surface area contributed by atoms with Gasteiger partial charge in [-0.1, -0.05) is 24.3 Å². The summed E-state index contributed by atoms with van der Waals surface area (Å²) in [5.41, 5.74) is 10.3.